The molecule has 3 nitrogen and oxygen atoms in total. The van der Waals surface area contributed by atoms with Crippen LogP contribution in [0.5, 0.6) is 11.5 Å². The van der Waals surface area contributed by atoms with E-state index in [-0.39, 0.29) is 6.29 Å². The number of benzene rings is 1. The quantitative estimate of drug-likeness (QED) is 0.628. The van der Waals surface area contributed by atoms with Crippen LogP contribution in [0.2, 0.25) is 0 Å². The van der Waals surface area contributed by atoms with Crippen molar-refractivity contribution < 1.29 is 23.8 Å². The summed E-state index contributed by atoms with van der Waals surface area (Å²) in [5.74, 6) is -5.16. The molecule has 0 saturated carbocycles. The molecule has 1 aromatic rings. The molecular weight excluding hydrogens is 170 g/mol. The van der Waals surface area contributed by atoms with Crippen LogP contribution in [0.1, 0.15) is 10.4 Å². The van der Waals surface area contributed by atoms with Crippen molar-refractivity contribution in [3.63, 3.8) is 0 Å². The third-order valence-corrected chi connectivity index (χ3v) is 1.32. The Morgan fingerprint density at radius 3 is 2.33 bits per heavy atom. The largest absolute Gasteiger partial charge is 0.504 e. The minimum absolute atomic E-state index is 0.0843. The average molecular weight is 174 g/mol. The summed E-state index contributed by atoms with van der Waals surface area (Å²) in [5, 5.41) is 17.4. The number of rotatable bonds is 1. The van der Waals surface area contributed by atoms with Gasteiger partial charge in [-0.1, -0.05) is 0 Å². The molecule has 0 aliphatic rings. The van der Waals surface area contributed by atoms with E-state index in [2.05, 4.69) is 0 Å². The van der Waals surface area contributed by atoms with E-state index in [1.54, 1.807) is 0 Å². The van der Waals surface area contributed by atoms with Crippen LogP contribution in [-0.2, 0) is 0 Å². The topological polar surface area (TPSA) is 57.5 Å². The van der Waals surface area contributed by atoms with Gasteiger partial charge in [0.1, 0.15) is 0 Å². The van der Waals surface area contributed by atoms with Crippen LogP contribution in [0.3, 0.4) is 0 Å². The van der Waals surface area contributed by atoms with E-state index in [0.717, 1.165) is 0 Å². The van der Waals surface area contributed by atoms with Crippen molar-refractivity contribution in [3.05, 3.63) is 23.3 Å². The minimum atomic E-state index is -1.53. The van der Waals surface area contributed by atoms with E-state index in [9.17, 15) is 13.6 Å². The van der Waals surface area contributed by atoms with Crippen molar-refractivity contribution in [2.45, 2.75) is 0 Å². The lowest BCUT2D eigenvalue weighted by atomic mass is 10.2. The van der Waals surface area contributed by atoms with Crippen LogP contribution in [0, 0.1) is 11.6 Å². The third kappa shape index (κ3) is 1.09. The molecule has 0 aliphatic carbocycles. The number of aldehydes is 1. The zero-order chi connectivity index (χ0) is 9.30. The van der Waals surface area contributed by atoms with Gasteiger partial charge in [-0.2, -0.15) is 4.39 Å². The van der Waals surface area contributed by atoms with Gasteiger partial charge in [-0.3, -0.25) is 4.79 Å². The van der Waals surface area contributed by atoms with Gasteiger partial charge >= 0.3 is 0 Å². The first-order valence-corrected chi connectivity index (χ1v) is 2.93. The second-order valence-corrected chi connectivity index (χ2v) is 2.08. The first-order chi connectivity index (χ1) is 5.57. The Morgan fingerprint density at radius 1 is 1.25 bits per heavy atom. The maximum atomic E-state index is 12.5. The normalized spacial score (nSPS) is 9.83. The fourth-order valence-electron chi connectivity index (χ4n) is 0.707. The third-order valence-electron chi connectivity index (χ3n) is 1.32. The lowest BCUT2D eigenvalue weighted by molar-refractivity contribution is 0.111. The highest BCUT2D eigenvalue weighted by Crippen LogP contribution is 2.30. The monoisotopic (exact) mass is 174 g/mol. The predicted octanol–water partition coefficient (Wildman–Crippen LogP) is 1.19. The van der Waals surface area contributed by atoms with Crippen LogP contribution >= 0.6 is 0 Å². The summed E-state index contributed by atoms with van der Waals surface area (Å²) < 4.78 is 25.0. The molecule has 0 atom stereocenters. The number of hydrogen-bond acceptors (Lipinski definition) is 3. The Bertz CT molecular complexity index is 336. The summed E-state index contributed by atoms with van der Waals surface area (Å²) in [7, 11) is 0. The molecule has 0 saturated heterocycles. The lowest BCUT2D eigenvalue weighted by Crippen LogP contribution is -1.90. The van der Waals surface area contributed by atoms with E-state index in [0.29, 0.717) is 6.07 Å². The van der Waals surface area contributed by atoms with Crippen LogP contribution in [-0.4, -0.2) is 16.5 Å². The second-order valence-electron chi connectivity index (χ2n) is 2.08. The Hall–Kier alpha value is -1.65. The molecule has 0 aromatic heterocycles. The van der Waals surface area contributed by atoms with E-state index in [1.807, 2.05) is 0 Å². The Morgan fingerprint density at radius 2 is 1.83 bits per heavy atom. The highest BCUT2D eigenvalue weighted by Gasteiger charge is 2.16. The maximum Gasteiger partial charge on any atom is 0.210 e. The number of carbonyl (C=O) groups excluding carboxylic acids is 1. The molecule has 0 heterocycles. The first kappa shape index (κ1) is 8.45. The van der Waals surface area contributed by atoms with Crippen LogP contribution < -0.4 is 0 Å². The van der Waals surface area contributed by atoms with Gasteiger partial charge in [-0.25, -0.2) is 4.39 Å². The van der Waals surface area contributed by atoms with E-state index in [1.165, 1.54) is 0 Å². The maximum absolute atomic E-state index is 12.5. The summed E-state index contributed by atoms with van der Waals surface area (Å²) in [5.41, 5.74) is -0.539. The molecule has 0 unspecified atom stereocenters. The highest BCUT2D eigenvalue weighted by molar-refractivity contribution is 5.79. The van der Waals surface area contributed by atoms with E-state index >= 15 is 0 Å². The molecule has 1 aromatic carbocycles. The smallest absolute Gasteiger partial charge is 0.210 e. The van der Waals surface area contributed by atoms with Crippen LogP contribution in [0.4, 0.5) is 8.78 Å². The molecule has 0 radical (unpaired) electrons. The van der Waals surface area contributed by atoms with Crippen molar-refractivity contribution in [1.82, 2.24) is 0 Å². The van der Waals surface area contributed by atoms with Crippen molar-refractivity contribution >= 4 is 6.29 Å². The van der Waals surface area contributed by atoms with Gasteiger partial charge in [0.2, 0.25) is 5.82 Å². The van der Waals surface area contributed by atoms with Gasteiger partial charge < -0.3 is 10.2 Å². The Kier molecular flexibility index (Phi) is 1.95. The summed E-state index contributed by atoms with van der Waals surface area (Å²) in [6, 6.07) is 0.542. The van der Waals surface area contributed by atoms with Gasteiger partial charge in [-0.05, 0) is 6.07 Å². The number of halogens is 2. The number of carbonyl (C=O) groups is 1. The summed E-state index contributed by atoms with van der Waals surface area (Å²) >= 11 is 0. The van der Waals surface area contributed by atoms with Crippen LogP contribution in [0.25, 0.3) is 0 Å². The zero-order valence-corrected chi connectivity index (χ0v) is 5.71. The fourth-order valence-corrected chi connectivity index (χ4v) is 0.707. The SMILES string of the molecule is O=Cc1cc(F)c(O)c(F)c1O. The molecule has 1 rings (SSSR count). The highest BCUT2D eigenvalue weighted by atomic mass is 19.1. The number of phenols is 2. The number of aromatic hydroxyl groups is 2. The molecule has 64 valence electrons. The number of phenolic OH excluding ortho intramolecular Hbond substituents is 2. The van der Waals surface area contributed by atoms with Gasteiger partial charge in [0.05, 0.1) is 5.56 Å². The van der Waals surface area contributed by atoms with Gasteiger partial charge in [0.25, 0.3) is 0 Å². The summed E-state index contributed by atoms with van der Waals surface area (Å²) in [6.45, 7) is 0. The minimum Gasteiger partial charge on any atom is -0.504 e. The standard InChI is InChI=1S/C7H4F2O3/c8-4-1-3(2-10)6(11)5(9)7(4)12/h1-2,11-12H. The predicted molar refractivity (Wildman–Crippen MR) is 35.1 cm³/mol. The average Bonchev–Trinajstić information content (AvgIpc) is 2.08. The number of hydrogen-bond donors (Lipinski definition) is 2. The molecule has 2 N–H and O–H groups in total. The van der Waals surface area contributed by atoms with Crippen molar-refractivity contribution in [3.8, 4) is 11.5 Å². The van der Waals surface area contributed by atoms with Crippen molar-refractivity contribution in [2.75, 3.05) is 0 Å². The van der Waals surface area contributed by atoms with E-state index < -0.39 is 28.7 Å². The fraction of sp³-hybridized carbons (Fsp3) is 0. The van der Waals surface area contributed by atoms with E-state index in [4.69, 9.17) is 10.2 Å². The molecule has 5 heteroatoms. The summed E-state index contributed by atoms with van der Waals surface area (Å²) in [6.07, 6.45) is 0.0843. The molecular formula is C7H4F2O3. The second kappa shape index (κ2) is 2.77. The van der Waals surface area contributed by atoms with Crippen molar-refractivity contribution in [2.24, 2.45) is 0 Å². The molecule has 12 heavy (non-hydrogen) atoms. The van der Waals surface area contributed by atoms with Gasteiger partial charge in [-0.15, -0.1) is 0 Å². The Labute approximate surface area is 65.9 Å². The first-order valence-electron chi connectivity index (χ1n) is 2.93. The molecule has 0 aliphatic heterocycles. The van der Waals surface area contributed by atoms with Gasteiger partial charge in [0.15, 0.2) is 23.6 Å². The molecule has 0 amide bonds. The van der Waals surface area contributed by atoms with Gasteiger partial charge in [0, 0.05) is 0 Å². The molecule has 0 spiro atoms. The Balaban J connectivity index is 3.49. The summed E-state index contributed by atoms with van der Waals surface area (Å²) in [4.78, 5) is 10.1. The van der Waals surface area contributed by atoms with Crippen molar-refractivity contribution in [1.29, 1.82) is 0 Å². The lowest BCUT2D eigenvalue weighted by Gasteiger charge is -2.01. The zero-order valence-electron chi connectivity index (χ0n) is 5.71. The van der Waals surface area contributed by atoms with Crippen LogP contribution in [0.15, 0.2) is 6.07 Å². The molecule has 0 fully saturated rings. The molecule has 0 bridgehead atoms.